The monoisotopic (exact) mass is 693 g/mol. The highest BCUT2D eigenvalue weighted by Crippen LogP contribution is 2.34. The van der Waals surface area contributed by atoms with Gasteiger partial charge in [0.05, 0.1) is 5.75 Å². The fourth-order valence-corrected chi connectivity index (χ4v) is 8.18. The lowest BCUT2D eigenvalue weighted by Crippen LogP contribution is -2.57. The third-order valence-electron chi connectivity index (χ3n) is 8.62. The number of alkyl halides is 2. The maximum Gasteiger partial charge on any atom is 0.405 e. The van der Waals surface area contributed by atoms with Gasteiger partial charge in [0.1, 0.15) is 11.9 Å². The third-order valence-corrected chi connectivity index (χ3v) is 10.8. The Morgan fingerprint density at radius 1 is 1.17 bits per heavy atom. The molecule has 4 N–H and O–H groups in total. The van der Waals surface area contributed by atoms with E-state index in [-0.39, 0.29) is 41.5 Å². The Labute approximate surface area is 275 Å². The number of hydrogen-bond acceptors (Lipinski definition) is 6. The number of nitrogens with one attached hydrogen (secondary N) is 3. The number of benzene rings is 2. The first-order valence-electron chi connectivity index (χ1n) is 15.1. The highest BCUT2D eigenvalue weighted by atomic mass is 35.5. The standard InChI is InChI=1S/C32H35ClF3N5O5S/c1-32(35,36)21-14-20(15-37-16-21)28(19-7-9-22(33)10-8-19)29(40-31(43)44)30(42)39-27-6-2-5-26(34)25(27)12-11-24-17-38-23-4-3-13-47(45,46)41(24)18-23/h2,5-10,14-16,23-24,28-29,38,40H,3-4,11-13,17-18H2,1H3,(H,39,42)(H,43,44)/t23?,24?,28-,29-/m0/s1. The van der Waals surface area contributed by atoms with E-state index in [4.69, 9.17) is 11.6 Å². The number of halogens is 4. The maximum atomic E-state index is 15.3. The van der Waals surface area contributed by atoms with E-state index in [0.717, 1.165) is 18.7 Å². The smallest absolute Gasteiger partial charge is 0.405 e. The summed E-state index contributed by atoms with van der Waals surface area (Å²) in [5, 5.41) is 18.3. The highest BCUT2D eigenvalue weighted by molar-refractivity contribution is 7.89. The summed E-state index contributed by atoms with van der Waals surface area (Å²) in [6.07, 6.45) is 2.32. The van der Waals surface area contributed by atoms with Crippen molar-refractivity contribution in [2.75, 3.05) is 24.2 Å². The molecule has 1 aromatic heterocycles. The quantitative estimate of drug-likeness (QED) is 0.232. The summed E-state index contributed by atoms with van der Waals surface area (Å²) >= 11 is 6.08. The zero-order valence-corrected chi connectivity index (χ0v) is 27.0. The van der Waals surface area contributed by atoms with E-state index in [2.05, 4.69) is 20.9 Å². The molecule has 10 nitrogen and oxygen atoms in total. The molecule has 5 rings (SSSR count). The Balaban J connectivity index is 1.46. The number of sulfonamides is 1. The number of hydrogen-bond donors (Lipinski definition) is 4. The molecule has 2 aromatic carbocycles. The van der Waals surface area contributed by atoms with E-state index < -0.39 is 57.3 Å². The van der Waals surface area contributed by atoms with E-state index in [1.165, 1.54) is 40.8 Å². The number of pyridine rings is 1. The molecule has 3 unspecified atom stereocenters. The Bertz CT molecular complexity index is 1720. The molecule has 0 aliphatic carbocycles. The van der Waals surface area contributed by atoms with Crippen LogP contribution in [0.5, 0.6) is 0 Å². The molecule has 3 aromatic rings. The first-order chi connectivity index (χ1) is 22.2. The molecular weight excluding hydrogens is 659 g/mol. The molecule has 47 heavy (non-hydrogen) atoms. The van der Waals surface area contributed by atoms with E-state index >= 15 is 4.39 Å². The predicted octanol–water partition coefficient (Wildman–Crippen LogP) is 5.09. The Hall–Kier alpha value is -3.72. The highest BCUT2D eigenvalue weighted by Gasteiger charge is 2.38. The van der Waals surface area contributed by atoms with E-state index in [9.17, 15) is 31.9 Å². The molecule has 2 saturated heterocycles. The van der Waals surface area contributed by atoms with Crippen molar-refractivity contribution in [2.45, 2.75) is 62.6 Å². The van der Waals surface area contributed by atoms with Crippen LogP contribution in [0.4, 0.5) is 23.7 Å². The minimum atomic E-state index is -3.48. The lowest BCUT2D eigenvalue weighted by Gasteiger charge is -2.37. The molecule has 0 radical (unpaired) electrons. The number of piperazine rings is 1. The van der Waals surface area contributed by atoms with Gasteiger partial charge in [0.15, 0.2) is 0 Å². The van der Waals surface area contributed by atoms with Crippen molar-refractivity contribution in [2.24, 2.45) is 0 Å². The van der Waals surface area contributed by atoms with Gasteiger partial charge in [-0.05, 0) is 67.1 Å². The number of aromatic nitrogens is 1. The molecule has 0 spiro atoms. The van der Waals surface area contributed by atoms with Crippen LogP contribution in [-0.4, -0.2) is 71.8 Å². The molecule has 2 fully saturated rings. The van der Waals surface area contributed by atoms with Crippen molar-refractivity contribution >= 4 is 39.3 Å². The lowest BCUT2D eigenvalue weighted by molar-refractivity contribution is -0.118. The number of rotatable bonds is 10. The summed E-state index contributed by atoms with van der Waals surface area (Å²) in [7, 11) is -3.48. The summed E-state index contributed by atoms with van der Waals surface area (Å²) in [5.41, 5.74) is 0.242. The molecule has 2 amide bonds. The number of carbonyl (C=O) groups is 2. The molecule has 0 saturated carbocycles. The molecule has 2 aliphatic rings. The Morgan fingerprint density at radius 2 is 1.91 bits per heavy atom. The van der Waals surface area contributed by atoms with Crippen LogP contribution in [0.2, 0.25) is 5.02 Å². The SMILES string of the molecule is CC(F)(F)c1cncc([C@H](c2ccc(Cl)cc2)[C@H](NC(=O)O)C(=O)Nc2cccc(F)c2CCC2CNC3CCCS(=O)(=O)N2C3)c1. The van der Waals surface area contributed by atoms with Gasteiger partial charge < -0.3 is 21.1 Å². The zero-order chi connectivity index (χ0) is 33.9. The summed E-state index contributed by atoms with van der Waals surface area (Å²) in [6.45, 7) is 1.43. The fraction of sp³-hybridized carbons (Fsp3) is 0.406. The predicted molar refractivity (Wildman–Crippen MR) is 171 cm³/mol. The summed E-state index contributed by atoms with van der Waals surface area (Å²) in [6, 6.07) is 9.37. The van der Waals surface area contributed by atoms with Crippen molar-refractivity contribution in [3.63, 3.8) is 0 Å². The van der Waals surface area contributed by atoms with Crippen LogP contribution < -0.4 is 16.0 Å². The van der Waals surface area contributed by atoms with Crippen LogP contribution in [0.1, 0.15) is 54.4 Å². The average molecular weight is 694 g/mol. The van der Waals surface area contributed by atoms with Crippen LogP contribution in [0, 0.1) is 5.82 Å². The van der Waals surface area contributed by atoms with Gasteiger partial charge in [-0.2, -0.15) is 4.31 Å². The van der Waals surface area contributed by atoms with E-state index in [1.807, 2.05) is 0 Å². The van der Waals surface area contributed by atoms with Gasteiger partial charge in [-0.15, -0.1) is 0 Å². The van der Waals surface area contributed by atoms with Crippen molar-refractivity contribution in [1.82, 2.24) is 19.9 Å². The van der Waals surface area contributed by atoms with Crippen molar-refractivity contribution in [1.29, 1.82) is 0 Å². The number of fused-ring (bicyclic) bond motifs is 2. The van der Waals surface area contributed by atoms with E-state index in [0.29, 0.717) is 37.0 Å². The van der Waals surface area contributed by atoms with Gasteiger partial charge in [-0.25, -0.2) is 26.4 Å². The topological polar surface area (TPSA) is 141 Å². The van der Waals surface area contributed by atoms with Crippen LogP contribution in [0.25, 0.3) is 0 Å². The summed E-state index contributed by atoms with van der Waals surface area (Å²) < 4.78 is 71.3. The lowest BCUT2D eigenvalue weighted by atomic mass is 9.84. The normalized spacial score (nSPS) is 22.0. The molecule has 3 heterocycles. The molecule has 2 bridgehead atoms. The average Bonchev–Trinajstić information content (AvgIpc) is 3.12. The second kappa shape index (κ2) is 14.2. The maximum absolute atomic E-state index is 15.3. The fourth-order valence-electron chi connectivity index (χ4n) is 6.24. The second-order valence-corrected chi connectivity index (χ2v) is 14.4. The second-order valence-electron chi connectivity index (χ2n) is 11.9. The molecular formula is C32H35ClF3N5O5S. The Morgan fingerprint density at radius 3 is 2.62 bits per heavy atom. The minimum absolute atomic E-state index is 0.0454. The number of amides is 2. The van der Waals surface area contributed by atoms with Gasteiger partial charge >= 0.3 is 6.09 Å². The summed E-state index contributed by atoms with van der Waals surface area (Å²) in [4.78, 5) is 29.9. The van der Waals surface area contributed by atoms with Crippen molar-refractivity contribution in [3.8, 4) is 0 Å². The minimum Gasteiger partial charge on any atom is -0.465 e. The first kappa shape index (κ1) is 34.6. The molecule has 5 atom stereocenters. The van der Waals surface area contributed by atoms with Crippen LogP contribution in [-0.2, 0) is 27.2 Å². The van der Waals surface area contributed by atoms with Crippen molar-refractivity contribution in [3.05, 3.63) is 94.0 Å². The van der Waals surface area contributed by atoms with Gasteiger partial charge in [-0.3, -0.25) is 9.78 Å². The van der Waals surface area contributed by atoms with Crippen LogP contribution >= 0.6 is 11.6 Å². The molecule has 15 heteroatoms. The van der Waals surface area contributed by atoms with Crippen LogP contribution in [0.15, 0.2) is 60.9 Å². The molecule has 252 valence electrons. The summed E-state index contributed by atoms with van der Waals surface area (Å²) in [5.74, 6) is -5.90. The van der Waals surface area contributed by atoms with Gasteiger partial charge in [-0.1, -0.05) is 29.8 Å². The first-order valence-corrected chi connectivity index (χ1v) is 17.1. The van der Waals surface area contributed by atoms with E-state index in [1.54, 1.807) is 12.1 Å². The Kier molecular flexibility index (Phi) is 10.4. The van der Waals surface area contributed by atoms with Gasteiger partial charge in [0.2, 0.25) is 15.9 Å². The number of carbonyl (C=O) groups excluding carboxylic acids is 1. The largest absolute Gasteiger partial charge is 0.465 e. The van der Waals surface area contributed by atoms with Gasteiger partial charge in [0, 0.05) is 72.2 Å². The third kappa shape index (κ3) is 8.23. The molecule has 2 aliphatic heterocycles. The van der Waals surface area contributed by atoms with Crippen molar-refractivity contribution < 1.29 is 36.3 Å². The zero-order valence-electron chi connectivity index (χ0n) is 25.4. The van der Waals surface area contributed by atoms with Gasteiger partial charge in [0.25, 0.3) is 5.92 Å². The van der Waals surface area contributed by atoms with Crippen LogP contribution in [0.3, 0.4) is 0 Å². The number of anilines is 1. The number of carboxylic acid groups (broad SMARTS) is 1. The number of nitrogens with zero attached hydrogens (tertiary/aromatic N) is 2.